The molecule has 0 spiro atoms. The molecule has 0 amide bonds. The van der Waals surface area contributed by atoms with E-state index in [-0.39, 0.29) is 0 Å². The number of rotatable bonds is 1. The first-order chi connectivity index (χ1) is 6.75. The number of benzene rings is 1. The van der Waals surface area contributed by atoms with Crippen molar-refractivity contribution in [2.24, 2.45) is 5.73 Å². The van der Waals surface area contributed by atoms with E-state index >= 15 is 0 Å². The van der Waals surface area contributed by atoms with Gasteiger partial charge in [-0.05, 0) is 37.1 Å². The van der Waals surface area contributed by atoms with Crippen LogP contribution in [0, 0.1) is 0 Å². The lowest BCUT2D eigenvalue weighted by Crippen LogP contribution is -2.38. The number of piperidine rings is 1. The molecular weight excluding hydrogens is 196 g/mol. The number of nitrogens with two attached hydrogens (primary N) is 1. The molecule has 0 bridgehead atoms. The van der Waals surface area contributed by atoms with Crippen LogP contribution in [0.25, 0.3) is 0 Å². The second kappa shape index (κ2) is 4.30. The van der Waals surface area contributed by atoms with E-state index in [0.29, 0.717) is 12.1 Å². The van der Waals surface area contributed by atoms with Gasteiger partial charge in [0.2, 0.25) is 0 Å². The van der Waals surface area contributed by atoms with E-state index in [9.17, 15) is 0 Å². The van der Waals surface area contributed by atoms with Crippen LogP contribution >= 0.6 is 11.6 Å². The van der Waals surface area contributed by atoms with E-state index in [2.05, 4.69) is 17.4 Å². The van der Waals surface area contributed by atoms with Gasteiger partial charge in [-0.1, -0.05) is 23.7 Å². The maximum atomic E-state index is 5.93. The van der Waals surface area contributed by atoms with Crippen molar-refractivity contribution < 1.29 is 0 Å². The second-order valence-electron chi connectivity index (χ2n) is 3.84. The Labute approximate surface area is 89.4 Å². The molecule has 1 aliphatic rings. The summed E-state index contributed by atoms with van der Waals surface area (Å²) in [6.45, 7) is 1.01. The maximum Gasteiger partial charge on any atom is 0.0406 e. The summed E-state index contributed by atoms with van der Waals surface area (Å²) in [6, 6.07) is 8.72. The molecule has 0 radical (unpaired) electrons. The lowest BCUT2D eigenvalue weighted by molar-refractivity contribution is 0.369. The third-order valence-electron chi connectivity index (χ3n) is 2.72. The van der Waals surface area contributed by atoms with Crippen LogP contribution in [0.4, 0.5) is 0 Å². The topological polar surface area (TPSA) is 38.0 Å². The molecule has 1 aliphatic heterocycles. The number of halogens is 1. The molecule has 1 aromatic carbocycles. The van der Waals surface area contributed by atoms with Gasteiger partial charge in [-0.2, -0.15) is 0 Å². The molecule has 14 heavy (non-hydrogen) atoms. The molecule has 2 rings (SSSR count). The normalized spacial score (nSPS) is 27.6. The zero-order chi connectivity index (χ0) is 9.97. The Morgan fingerprint density at radius 3 is 2.64 bits per heavy atom. The summed E-state index contributed by atoms with van der Waals surface area (Å²) in [5.41, 5.74) is 7.21. The molecule has 1 aromatic rings. The van der Waals surface area contributed by atoms with E-state index in [1.54, 1.807) is 0 Å². The summed E-state index contributed by atoms with van der Waals surface area (Å²) in [5, 5.41) is 4.25. The first-order valence-corrected chi connectivity index (χ1v) is 5.38. The van der Waals surface area contributed by atoms with Crippen LogP contribution in [-0.4, -0.2) is 12.6 Å². The summed E-state index contributed by atoms with van der Waals surface area (Å²) in [5.74, 6) is 0. The molecule has 1 fully saturated rings. The Kier molecular flexibility index (Phi) is 3.06. The van der Waals surface area contributed by atoms with Gasteiger partial charge in [0.1, 0.15) is 0 Å². The van der Waals surface area contributed by atoms with Gasteiger partial charge in [-0.25, -0.2) is 0 Å². The number of hydrogen-bond acceptors (Lipinski definition) is 2. The minimum atomic E-state index is 0.330. The van der Waals surface area contributed by atoms with Crippen LogP contribution in [0.5, 0.6) is 0 Å². The fraction of sp³-hybridized carbons (Fsp3) is 0.455. The van der Waals surface area contributed by atoms with E-state index in [4.69, 9.17) is 17.3 Å². The van der Waals surface area contributed by atoms with Crippen molar-refractivity contribution in [1.29, 1.82) is 0 Å². The largest absolute Gasteiger partial charge is 0.328 e. The van der Waals surface area contributed by atoms with E-state index in [0.717, 1.165) is 24.4 Å². The Morgan fingerprint density at radius 1 is 1.29 bits per heavy atom. The fourth-order valence-electron chi connectivity index (χ4n) is 1.90. The molecule has 3 heteroatoms. The summed E-state index contributed by atoms with van der Waals surface area (Å²) < 4.78 is 0. The molecule has 0 aliphatic carbocycles. The summed E-state index contributed by atoms with van der Waals surface area (Å²) >= 11 is 5.83. The van der Waals surface area contributed by atoms with Crippen LogP contribution in [-0.2, 0) is 0 Å². The van der Waals surface area contributed by atoms with Gasteiger partial charge in [-0.15, -0.1) is 0 Å². The van der Waals surface area contributed by atoms with E-state index in [1.807, 2.05) is 12.1 Å². The van der Waals surface area contributed by atoms with Gasteiger partial charge in [0.05, 0.1) is 0 Å². The Hall–Kier alpha value is -0.570. The average molecular weight is 211 g/mol. The molecule has 1 heterocycles. The van der Waals surface area contributed by atoms with Gasteiger partial charge >= 0.3 is 0 Å². The zero-order valence-corrected chi connectivity index (χ0v) is 8.80. The number of hydrogen-bond donors (Lipinski definition) is 2. The molecule has 3 N–H and O–H groups in total. The summed E-state index contributed by atoms with van der Waals surface area (Å²) in [7, 11) is 0. The monoisotopic (exact) mass is 210 g/mol. The first-order valence-electron chi connectivity index (χ1n) is 5.00. The number of nitrogens with one attached hydrogen (secondary N) is 1. The Bertz CT molecular complexity index is 297. The highest BCUT2D eigenvalue weighted by atomic mass is 35.5. The van der Waals surface area contributed by atoms with Crippen LogP contribution in [0.2, 0.25) is 5.02 Å². The van der Waals surface area contributed by atoms with Crippen LogP contribution in [0.15, 0.2) is 24.3 Å². The lowest BCUT2D eigenvalue weighted by atomic mass is 9.94. The molecule has 2 atom stereocenters. The molecule has 76 valence electrons. The van der Waals surface area contributed by atoms with Crippen molar-refractivity contribution in [2.45, 2.75) is 24.9 Å². The maximum absolute atomic E-state index is 5.93. The van der Waals surface area contributed by atoms with Crippen molar-refractivity contribution in [1.82, 2.24) is 5.32 Å². The first kappa shape index (κ1) is 9.97. The predicted octanol–water partition coefficient (Wildman–Crippen LogP) is 2.09. The van der Waals surface area contributed by atoms with E-state index in [1.165, 1.54) is 5.56 Å². The van der Waals surface area contributed by atoms with Gasteiger partial charge in [0.25, 0.3) is 0 Å². The highest BCUT2D eigenvalue weighted by Gasteiger charge is 2.19. The fourth-order valence-corrected chi connectivity index (χ4v) is 2.02. The minimum absolute atomic E-state index is 0.330. The van der Waals surface area contributed by atoms with Gasteiger partial charge in [0, 0.05) is 17.1 Å². The minimum Gasteiger partial charge on any atom is -0.328 e. The van der Waals surface area contributed by atoms with Crippen LogP contribution < -0.4 is 11.1 Å². The lowest BCUT2D eigenvalue weighted by Gasteiger charge is -2.28. The molecular formula is C11H15ClN2. The quantitative estimate of drug-likeness (QED) is 0.745. The Balaban J connectivity index is 2.10. The third kappa shape index (κ3) is 2.27. The van der Waals surface area contributed by atoms with Crippen molar-refractivity contribution in [3.63, 3.8) is 0 Å². The molecule has 2 unspecified atom stereocenters. The van der Waals surface area contributed by atoms with E-state index < -0.39 is 0 Å². The SMILES string of the molecule is NC1CCNC(c2ccc(Cl)cc2)C1. The second-order valence-corrected chi connectivity index (χ2v) is 4.28. The molecule has 0 aromatic heterocycles. The standard InChI is InChI=1S/C11H15ClN2/c12-9-3-1-8(2-4-9)11-7-10(13)5-6-14-11/h1-4,10-11,14H,5-7,13H2. The molecule has 0 saturated carbocycles. The van der Waals surface area contributed by atoms with Crippen molar-refractivity contribution in [3.05, 3.63) is 34.9 Å². The van der Waals surface area contributed by atoms with Gasteiger partial charge < -0.3 is 11.1 Å². The van der Waals surface area contributed by atoms with Crippen LogP contribution in [0.3, 0.4) is 0 Å². The molecule has 2 nitrogen and oxygen atoms in total. The Morgan fingerprint density at radius 2 is 2.00 bits per heavy atom. The van der Waals surface area contributed by atoms with Crippen LogP contribution in [0.1, 0.15) is 24.4 Å². The highest BCUT2D eigenvalue weighted by Crippen LogP contribution is 2.23. The summed E-state index contributed by atoms with van der Waals surface area (Å²) in [6.07, 6.45) is 2.09. The highest BCUT2D eigenvalue weighted by molar-refractivity contribution is 6.30. The average Bonchev–Trinajstić information content (AvgIpc) is 2.19. The van der Waals surface area contributed by atoms with Crippen molar-refractivity contribution >= 4 is 11.6 Å². The zero-order valence-electron chi connectivity index (χ0n) is 8.04. The summed E-state index contributed by atoms with van der Waals surface area (Å²) in [4.78, 5) is 0. The van der Waals surface area contributed by atoms with Crippen molar-refractivity contribution in [2.75, 3.05) is 6.54 Å². The van der Waals surface area contributed by atoms with Crippen molar-refractivity contribution in [3.8, 4) is 0 Å². The molecule has 1 saturated heterocycles. The predicted molar refractivity (Wildman–Crippen MR) is 59.4 cm³/mol. The van der Waals surface area contributed by atoms with Gasteiger partial charge in [-0.3, -0.25) is 0 Å². The smallest absolute Gasteiger partial charge is 0.0406 e. The van der Waals surface area contributed by atoms with Gasteiger partial charge in [0.15, 0.2) is 0 Å². The third-order valence-corrected chi connectivity index (χ3v) is 2.97.